The molecule has 3 rings (SSSR count). The maximum absolute atomic E-state index is 12.4. The van der Waals surface area contributed by atoms with Crippen molar-refractivity contribution in [3.63, 3.8) is 0 Å². The van der Waals surface area contributed by atoms with E-state index < -0.39 is 0 Å². The van der Waals surface area contributed by atoms with E-state index in [4.69, 9.17) is 10.5 Å². The largest absolute Gasteiger partial charge is 0.376 e. The van der Waals surface area contributed by atoms with Gasteiger partial charge in [-0.05, 0) is 56.8 Å². The number of nitrogens with two attached hydrogens (primary N) is 1. The van der Waals surface area contributed by atoms with Crippen LogP contribution in [0.2, 0.25) is 0 Å². The number of amides is 1. The summed E-state index contributed by atoms with van der Waals surface area (Å²) in [5.74, 6) is 1.57. The SMILES string of the molecule is NC1C2CCCC1CC(C(=O)NCC1CCCCO1)C2. The monoisotopic (exact) mass is 280 g/mol. The average Bonchev–Trinajstić information content (AvgIpc) is 2.45. The van der Waals surface area contributed by atoms with E-state index in [9.17, 15) is 4.79 Å². The van der Waals surface area contributed by atoms with Gasteiger partial charge in [0.2, 0.25) is 5.91 Å². The first kappa shape index (κ1) is 14.3. The number of carbonyl (C=O) groups is 1. The molecule has 0 aromatic heterocycles. The van der Waals surface area contributed by atoms with Crippen LogP contribution in [0.3, 0.4) is 0 Å². The topological polar surface area (TPSA) is 64.4 Å². The van der Waals surface area contributed by atoms with Crippen LogP contribution in [0.5, 0.6) is 0 Å². The lowest BCUT2D eigenvalue weighted by atomic mass is 9.65. The molecular weight excluding hydrogens is 252 g/mol. The number of rotatable bonds is 3. The third-order valence-electron chi connectivity index (χ3n) is 5.56. The Kier molecular flexibility index (Phi) is 4.61. The molecule has 0 radical (unpaired) electrons. The van der Waals surface area contributed by atoms with Crippen molar-refractivity contribution in [2.45, 2.75) is 63.5 Å². The summed E-state index contributed by atoms with van der Waals surface area (Å²) < 4.78 is 5.67. The molecule has 4 heteroatoms. The van der Waals surface area contributed by atoms with E-state index in [1.165, 1.54) is 25.7 Å². The van der Waals surface area contributed by atoms with E-state index >= 15 is 0 Å². The van der Waals surface area contributed by atoms with Gasteiger partial charge in [0.15, 0.2) is 0 Å². The fourth-order valence-corrected chi connectivity index (χ4v) is 4.33. The summed E-state index contributed by atoms with van der Waals surface area (Å²) in [6.45, 7) is 1.54. The zero-order valence-electron chi connectivity index (χ0n) is 12.4. The molecule has 1 aliphatic heterocycles. The van der Waals surface area contributed by atoms with Gasteiger partial charge < -0.3 is 15.8 Å². The predicted octanol–water partition coefficient (Wildman–Crippen LogP) is 1.83. The highest BCUT2D eigenvalue weighted by molar-refractivity contribution is 5.78. The predicted molar refractivity (Wildman–Crippen MR) is 78.1 cm³/mol. The smallest absolute Gasteiger partial charge is 0.223 e. The molecule has 2 bridgehead atoms. The molecule has 1 heterocycles. The van der Waals surface area contributed by atoms with Gasteiger partial charge in [-0.15, -0.1) is 0 Å². The van der Waals surface area contributed by atoms with Crippen molar-refractivity contribution in [2.24, 2.45) is 23.5 Å². The Hall–Kier alpha value is -0.610. The van der Waals surface area contributed by atoms with Gasteiger partial charge in [-0.1, -0.05) is 6.42 Å². The number of carbonyl (C=O) groups excluding carboxylic acids is 1. The third-order valence-corrected chi connectivity index (χ3v) is 5.56. The molecule has 3 atom stereocenters. The van der Waals surface area contributed by atoms with E-state index in [-0.39, 0.29) is 17.9 Å². The fourth-order valence-electron chi connectivity index (χ4n) is 4.33. The maximum Gasteiger partial charge on any atom is 0.223 e. The number of fused-ring (bicyclic) bond motifs is 2. The quantitative estimate of drug-likeness (QED) is 0.829. The van der Waals surface area contributed by atoms with E-state index in [0.29, 0.717) is 24.4 Å². The first-order valence-corrected chi connectivity index (χ1v) is 8.39. The van der Waals surface area contributed by atoms with Crippen LogP contribution < -0.4 is 11.1 Å². The Balaban J connectivity index is 1.47. The highest BCUT2D eigenvalue weighted by Gasteiger charge is 2.40. The molecule has 20 heavy (non-hydrogen) atoms. The zero-order chi connectivity index (χ0) is 13.9. The second-order valence-corrected chi connectivity index (χ2v) is 6.93. The summed E-state index contributed by atoms with van der Waals surface area (Å²) in [7, 11) is 0. The van der Waals surface area contributed by atoms with Crippen molar-refractivity contribution >= 4 is 5.91 Å². The van der Waals surface area contributed by atoms with Crippen LogP contribution in [0.25, 0.3) is 0 Å². The summed E-state index contributed by atoms with van der Waals surface area (Å²) in [6.07, 6.45) is 9.42. The molecule has 3 unspecified atom stereocenters. The van der Waals surface area contributed by atoms with Crippen LogP contribution in [0.15, 0.2) is 0 Å². The van der Waals surface area contributed by atoms with Crippen molar-refractivity contribution in [1.29, 1.82) is 0 Å². The van der Waals surface area contributed by atoms with Gasteiger partial charge in [0, 0.05) is 25.1 Å². The Morgan fingerprint density at radius 2 is 1.85 bits per heavy atom. The highest BCUT2D eigenvalue weighted by atomic mass is 16.5. The maximum atomic E-state index is 12.4. The minimum atomic E-state index is 0.189. The molecule has 1 amide bonds. The molecule has 1 saturated heterocycles. The first-order chi connectivity index (χ1) is 9.74. The lowest BCUT2D eigenvalue weighted by molar-refractivity contribution is -0.128. The lowest BCUT2D eigenvalue weighted by Gasteiger charge is -2.43. The van der Waals surface area contributed by atoms with Crippen LogP contribution in [0.4, 0.5) is 0 Å². The van der Waals surface area contributed by atoms with Gasteiger partial charge >= 0.3 is 0 Å². The summed E-state index contributed by atoms with van der Waals surface area (Å²) in [6, 6.07) is 0.342. The van der Waals surface area contributed by atoms with E-state index in [1.54, 1.807) is 0 Å². The Bertz CT molecular complexity index is 327. The standard InChI is InChI=1S/C16H28N2O2/c17-15-11-4-3-5-12(15)9-13(8-11)16(19)18-10-14-6-1-2-7-20-14/h11-15H,1-10,17H2,(H,18,19). The second kappa shape index (κ2) is 6.44. The summed E-state index contributed by atoms with van der Waals surface area (Å²) in [5, 5.41) is 3.12. The van der Waals surface area contributed by atoms with Gasteiger partial charge in [-0.3, -0.25) is 4.79 Å². The normalized spacial score (nSPS) is 41.1. The number of hydrogen-bond donors (Lipinski definition) is 2. The van der Waals surface area contributed by atoms with Crippen molar-refractivity contribution in [1.82, 2.24) is 5.32 Å². The molecule has 0 spiro atoms. The molecule has 3 N–H and O–H groups in total. The van der Waals surface area contributed by atoms with Crippen LogP contribution >= 0.6 is 0 Å². The van der Waals surface area contributed by atoms with E-state index in [2.05, 4.69) is 5.32 Å². The van der Waals surface area contributed by atoms with Crippen LogP contribution in [0.1, 0.15) is 51.4 Å². The van der Waals surface area contributed by atoms with E-state index in [0.717, 1.165) is 32.3 Å². The van der Waals surface area contributed by atoms with Crippen molar-refractivity contribution in [3.05, 3.63) is 0 Å². The van der Waals surface area contributed by atoms with Gasteiger partial charge in [0.25, 0.3) is 0 Å². The van der Waals surface area contributed by atoms with Crippen molar-refractivity contribution in [3.8, 4) is 0 Å². The molecule has 3 fully saturated rings. The van der Waals surface area contributed by atoms with Crippen molar-refractivity contribution in [2.75, 3.05) is 13.2 Å². The van der Waals surface area contributed by atoms with E-state index in [1.807, 2.05) is 0 Å². The zero-order valence-corrected chi connectivity index (χ0v) is 12.4. The summed E-state index contributed by atoms with van der Waals surface area (Å²) >= 11 is 0. The Morgan fingerprint density at radius 3 is 2.50 bits per heavy atom. The molecule has 2 saturated carbocycles. The van der Waals surface area contributed by atoms with Gasteiger partial charge in [0.1, 0.15) is 0 Å². The van der Waals surface area contributed by atoms with Gasteiger partial charge in [-0.2, -0.15) is 0 Å². The van der Waals surface area contributed by atoms with Gasteiger partial charge in [0.05, 0.1) is 6.10 Å². The number of nitrogens with one attached hydrogen (secondary N) is 1. The average molecular weight is 280 g/mol. The third kappa shape index (κ3) is 3.17. The minimum absolute atomic E-state index is 0.189. The Morgan fingerprint density at radius 1 is 1.10 bits per heavy atom. The molecule has 0 aromatic rings. The molecule has 4 nitrogen and oxygen atoms in total. The number of hydrogen-bond acceptors (Lipinski definition) is 3. The Labute approximate surface area is 121 Å². The molecule has 3 aliphatic rings. The van der Waals surface area contributed by atoms with Crippen LogP contribution in [0, 0.1) is 17.8 Å². The first-order valence-electron chi connectivity index (χ1n) is 8.39. The lowest BCUT2D eigenvalue weighted by Crippen LogP contribution is -2.49. The highest BCUT2D eigenvalue weighted by Crippen LogP contribution is 2.41. The van der Waals surface area contributed by atoms with Crippen molar-refractivity contribution < 1.29 is 9.53 Å². The molecule has 0 aromatic carbocycles. The second-order valence-electron chi connectivity index (χ2n) is 6.93. The fraction of sp³-hybridized carbons (Fsp3) is 0.938. The number of ether oxygens (including phenoxy) is 1. The summed E-state index contributed by atoms with van der Waals surface area (Å²) in [4.78, 5) is 12.4. The van der Waals surface area contributed by atoms with Crippen LogP contribution in [-0.4, -0.2) is 31.2 Å². The molecule has 114 valence electrons. The van der Waals surface area contributed by atoms with Gasteiger partial charge in [-0.25, -0.2) is 0 Å². The summed E-state index contributed by atoms with van der Waals surface area (Å²) in [5.41, 5.74) is 6.29. The molecular formula is C16H28N2O2. The molecule has 2 aliphatic carbocycles. The minimum Gasteiger partial charge on any atom is -0.376 e. The van der Waals surface area contributed by atoms with Crippen LogP contribution in [-0.2, 0) is 9.53 Å².